The number of anilines is 1. The van der Waals surface area contributed by atoms with Crippen LogP contribution in [0.5, 0.6) is 5.75 Å². The van der Waals surface area contributed by atoms with Gasteiger partial charge in [-0.15, -0.1) is 0 Å². The van der Waals surface area contributed by atoms with E-state index in [-0.39, 0.29) is 28.0 Å². The van der Waals surface area contributed by atoms with Crippen molar-refractivity contribution in [3.63, 3.8) is 0 Å². The maximum absolute atomic E-state index is 13.1. The molecule has 3 aromatic carbocycles. The van der Waals surface area contributed by atoms with Crippen LogP contribution in [0.25, 0.3) is 10.9 Å². The molecular formula is C34H35N3O7S. The number of carbonyl (C=O) groups excluding carboxylic acids is 2. The lowest BCUT2D eigenvalue weighted by Crippen LogP contribution is -2.31. The van der Waals surface area contributed by atoms with Gasteiger partial charge in [0.25, 0.3) is 15.9 Å². The molecule has 0 saturated heterocycles. The largest absolute Gasteiger partial charge is 0.496 e. The standard InChI is InChI=1S/C34H35N3O7S/c1-21(38)12-13-23-8-4-7-11-32(23)45(41,42)37-33(39)24-14-16-27(31(18-24)43-3)22(2)29-20-35-30-17-15-25(19-28(29)30)36-34(40)44-26-9-5-6-10-26/h4,7-8,11,14-22,26,35,38H,5-6,9-10H2,1-3H3,(H,36,40)(H,37,39). The molecule has 2 unspecified atom stereocenters. The van der Waals surface area contributed by atoms with E-state index in [0.717, 1.165) is 47.7 Å². The second kappa shape index (κ2) is 13.5. The summed E-state index contributed by atoms with van der Waals surface area (Å²) in [7, 11) is -2.80. The SMILES string of the molecule is COc1cc(C(=O)NS(=O)(=O)c2ccccc2C#CC(C)O)ccc1C(C)c1c[nH]c2ccc(NC(=O)OC3CCCC3)cc12. The lowest BCUT2D eigenvalue weighted by molar-refractivity contribution is 0.0980. The van der Waals surface area contributed by atoms with Crippen LogP contribution < -0.4 is 14.8 Å². The van der Waals surface area contributed by atoms with Crippen molar-refractivity contribution < 1.29 is 32.6 Å². The quantitative estimate of drug-likeness (QED) is 0.184. The summed E-state index contributed by atoms with van der Waals surface area (Å²) >= 11 is 0. The van der Waals surface area contributed by atoms with E-state index < -0.39 is 28.1 Å². The minimum atomic E-state index is -4.28. The van der Waals surface area contributed by atoms with E-state index in [2.05, 4.69) is 26.9 Å². The number of aromatic nitrogens is 1. The summed E-state index contributed by atoms with van der Waals surface area (Å²) in [6, 6.07) is 16.3. The first-order valence-electron chi connectivity index (χ1n) is 14.7. The number of H-pyrrole nitrogens is 1. The second-order valence-electron chi connectivity index (χ2n) is 11.0. The van der Waals surface area contributed by atoms with Gasteiger partial charge in [0.2, 0.25) is 0 Å². The van der Waals surface area contributed by atoms with Crippen molar-refractivity contribution in [3.05, 3.63) is 89.1 Å². The molecule has 1 heterocycles. The van der Waals surface area contributed by atoms with Gasteiger partial charge in [0, 0.05) is 45.4 Å². The molecule has 1 aromatic heterocycles. The Morgan fingerprint density at radius 3 is 2.51 bits per heavy atom. The number of rotatable bonds is 8. The number of hydrogen-bond acceptors (Lipinski definition) is 7. The molecular weight excluding hydrogens is 594 g/mol. The first kappa shape index (κ1) is 31.6. The number of carbonyl (C=O) groups is 2. The molecule has 45 heavy (non-hydrogen) atoms. The molecule has 1 saturated carbocycles. The fraction of sp³-hybridized carbons (Fsp3) is 0.294. The molecule has 2 atom stereocenters. The molecule has 4 aromatic rings. The number of ether oxygens (including phenoxy) is 2. The zero-order valence-electron chi connectivity index (χ0n) is 25.2. The molecule has 1 fully saturated rings. The molecule has 11 heteroatoms. The van der Waals surface area contributed by atoms with Crippen molar-refractivity contribution >= 4 is 38.6 Å². The maximum atomic E-state index is 13.1. The van der Waals surface area contributed by atoms with Crippen LogP contribution in [0.4, 0.5) is 10.5 Å². The summed E-state index contributed by atoms with van der Waals surface area (Å²) in [5, 5.41) is 13.2. The Balaban J connectivity index is 1.36. The Hall–Kier alpha value is -4.79. The summed E-state index contributed by atoms with van der Waals surface area (Å²) < 4.78 is 39.6. The van der Waals surface area contributed by atoms with Gasteiger partial charge in [0.05, 0.1) is 7.11 Å². The molecule has 4 N–H and O–H groups in total. The first-order valence-corrected chi connectivity index (χ1v) is 16.2. The first-order chi connectivity index (χ1) is 21.6. The predicted molar refractivity (Wildman–Crippen MR) is 171 cm³/mol. The van der Waals surface area contributed by atoms with Crippen LogP contribution in [0.2, 0.25) is 0 Å². The van der Waals surface area contributed by atoms with Crippen LogP contribution in [0, 0.1) is 11.8 Å². The molecule has 0 aliphatic heterocycles. The molecule has 1 aliphatic rings. The number of sulfonamides is 1. The topological polar surface area (TPSA) is 147 Å². The minimum Gasteiger partial charge on any atom is -0.496 e. The van der Waals surface area contributed by atoms with E-state index in [1.54, 1.807) is 18.2 Å². The lowest BCUT2D eigenvalue weighted by atomic mass is 9.91. The Labute approximate surface area is 262 Å². The third kappa shape index (κ3) is 7.30. The van der Waals surface area contributed by atoms with Gasteiger partial charge in [-0.1, -0.05) is 37.0 Å². The predicted octanol–water partition coefficient (Wildman–Crippen LogP) is 5.67. The summed E-state index contributed by atoms with van der Waals surface area (Å²) in [6.45, 7) is 3.46. The number of aliphatic hydroxyl groups excluding tert-OH is 1. The number of aliphatic hydroxyl groups is 1. The number of nitrogens with one attached hydrogen (secondary N) is 3. The molecule has 0 spiro atoms. The normalized spacial score (nSPS) is 14.7. The number of fused-ring (bicyclic) bond motifs is 1. The second-order valence-corrected chi connectivity index (χ2v) is 12.6. The number of amides is 2. The van der Waals surface area contributed by atoms with Crippen molar-refractivity contribution in [2.45, 2.75) is 62.6 Å². The van der Waals surface area contributed by atoms with Crippen molar-refractivity contribution in [2.24, 2.45) is 0 Å². The highest BCUT2D eigenvalue weighted by molar-refractivity contribution is 7.90. The molecule has 1 aliphatic carbocycles. The summed E-state index contributed by atoms with van der Waals surface area (Å²) in [5.41, 5.74) is 3.44. The molecule has 0 bridgehead atoms. The molecule has 10 nitrogen and oxygen atoms in total. The van der Waals surface area contributed by atoms with Crippen molar-refractivity contribution in [1.29, 1.82) is 0 Å². The van der Waals surface area contributed by atoms with E-state index in [1.807, 2.05) is 31.3 Å². The third-order valence-corrected chi connectivity index (χ3v) is 9.17. The van der Waals surface area contributed by atoms with Gasteiger partial charge in [-0.25, -0.2) is 17.9 Å². The van der Waals surface area contributed by atoms with Crippen LogP contribution >= 0.6 is 0 Å². The molecule has 2 amide bonds. The Kier molecular flexibility index (Phi) is 9.46. The van der Waals surface area contributed by atoms with E-state index in [9.17, 15) is 23.1 Å². The number of hydrogen-bond donors (Lipinski definition) is 4. The molecule has 234 valence electrons. The average molecular weight is 630 g/mol. The Morgan fingerprint density at radius 1 is 1.02 bits per heavy atom. The summed E-state index contributed by atoms with van der Waals surface area (Å²) in [5.74, 6) is 4.53. The maximum Gasteiger partial charge on any atom is 0.411 e. The fourth-order valence-electron chi connectivity index (χ4n) is 5.48. The Morgan fingerprint density at radius 2 is 1.78 bits per heavy atom. The summed E-state index contributed by atoms with van der Waals surface area (Å²) in [4.78, 5) is 28.7. The third-order valence-electron chi connectivity index (χ3n) is 7.78. The van der Waals surface area contributed by atoms with Crippen molar-refractivity contribution in [1.82, 2.24) is 9.71 Å². The lowest BCUT2D eigenvalue weighted by Gasteiger charge is -2.17. The zero-order chi connectivity index (χ0) is 32.1. The van der Waals surface area contributed by atoms with E-state index in [4.69, 9.17) is 9.47 Å². The fourth-order valence-corrected chi connectivity index (χ4v) is 6.62. The van der Waals surface area contributed by atoms with Crippen molar-refractivity contribution in [2.75, 3.05) is 12.4 Å². The van der Waals surface area contributed by atoms with Crippen LogP contribution in [-0.4, -0.2) is 49.8 Å². The Bertz CT molecular complexity index is 1900. The van der Waals surface area contributed by atoms with Gasteiger partial charge >= 0.3 is 6.09 Å². The van der Waals surface area contributed by atoms with Gasteiger partial charge in [-0.2, -0.15) is 0 Å². The van der Waals surface area contributed by atoms with Crippen molar-refractivity contribution in [3.8, 4) is 17.6 Å². The highest BCUT2D eigenvalue weighted by atomic mass is 32.2. The van der Waals surface area contributed by atoms with Crippen LogP contribution in [-0.2, 0) is 14.8 Å². The monoisotopic (exact) mass is 629 g/mol. The smallest absolute Gasteiger partial charge is 0.411 e. The van der Waals surface area contributed by atoms with E-state index >= 15 is 0 Å². The van der Waals surface area contributed by atoms with E-state index in [0.29, 0.717) is 11.4 Å². The van der Waals surface area contributed by atoms with E-state index in [1.165, 1.54) is 38.3 Å². The molecule has 5 rings (SSSR count). The van der Waals surface area contributed by atoms with Gasteiger partial charge in [0.15, 0.2) is 0 Å². The summed E-state index contributed by atoms with van der Waals surface area (Å²) in [6.07, 6.45) is 4.34. The minimum absolute atomic E-state index is 0.0416. The zero-order valence-corrected chi connectivity index (χ0v) is 26.0. The van der Waals surface area contributed by atoms with Crippen LogP contribution in [0.15, 0.2) is 71.8 Å². The average Bonchev–Trinajstić information content (AvgIpc) is 3.69. The van der Waals surface area contributed by atoms with Crippen LogP contribution in [0.1, 0.15) is 72.5 Å². The van der Waals surface area contributed by atoms with Gasteiger partial charge in [0.1, 0.15) is 22.9 Å². The highest BCUT2D eigenvalue weighted by Gasteiger charge is 2.24. The number of methoxy groups -OCH3 is 1. The van der Waals surface area contributed by atoms with Crippen LogP contribution in [0.3, 0.4) is 0 Å². The number of benzene rings is 3. The van der Waals surface area contributed by atoms with Gasteiger partial charge < -0.3 is 19.6 Å². The highest BCUT2D eigenvalue weighted by Crippen LogP contribution is 2.37. The van der Waals surface area contributed by atoms with Gasteiger partial charge in [-0.3, -0.25) is 10.1 Å². The van der Waals surface area contributed by atoms with Gasteiger partial charge in [-0.05, 0) is 80.6 Å². The molecule has 0 radical (unpaired) electrons. The number of aromatic amines is 1.